The van der Waals surface area contributed by atoms with Gasteiger partial charge in [0.2, 0.25) is 0 Å². The van der Waals surface area contributed by atoms with Crippen LogP contribution >= 0.6 is 0 Å². The number of hydrogen-bond acceptors (Lipinski definition) is 5. The maximum atomic E-state index is 10.9. The first-order valence-corrected chi connectivity index (χ1v) is 8.90. The van der Waals surface area contributed by atoms with Gasteiger partial charge in [-0.3, -0.25) is 0 Å². The van der Waals surface area contributed by atoms with E-state index in [4.69, 9.17) is 14.2 Å². The van der Waals surface area contributed by atoms with Crippen LogP contribution in [-0.2, 0) is 14.2 Å². The highest BCUT2D eigenvalue weighted by molar-refractivity contribution is 5.02. The second-order valence-electron chi connectivity index (χ2n) is 8.75. The molecule has 24 heavy (non-hydrogen) atoms. The van der Waals surface area contributed by atoms with Crippen LogP contribution in [0.5, 0.6) is 0 Å². The average molecular weight is 342 g/mol. The zero-order valence-electron chi connectivity index (χ0n) is 16.0. The lowest BCUT2D eigenvalue weighted by atomic mass is 9.87. The van der Waals surface area contributed by atoms with Gasteiger partial charge in [-0.2, -0.15) is 0 Å². The molecule has 2 fully saturated rings. The average Bonchev–Trinajstić information content (AvgIpc) is 2.94. The molecule has 2 rings (SSSR count). The van der Waals surface area contributed by atoms with Gasteiger partial charge in [-0.1, -0.05) is 6.08 Å². The van der Waals surface area contributed by atoms with E-state index in [2.05, 4.69) is 6.58 Å². The molecule has 5 nitrogen and oxygen atoms in total. The van der Waals surface area contributed by atoms with Crippen LogP contribution in [0.15, 0.2) is 12.7 Å². The van der Waals surface area contributed by atoms with Gasteiger partial charge in [0.15, 0.2) is 5.79 Å². The monoisotopic (exact) mass is 342 g/mol. The Morgan fingerprint density at radius 1 is 1.25 bits per heavy atom. The summed E-state index contributed by atoms with van der Waals surface area (Å²) >= 11 is 0. The van der Waals surface area contributed by atoms with Crippen molar-refractivity contribution in [3.05, 3.63) is 12.7 Å². The van der Waals surface area contributed by atoms with Gasteiger partial charge < -0.3 is 24.4 Å². The first-order chi connectivity index (χ1) is 10.8. The number of rotatable bonds is 6. The van der Waals surface area contributed by atoms with Crippen molar-refractivity contribution >= 4 is 0 Å². The molecule has 0 unspecified atom stereocenters. The third-order valence-electron chi connectivity index (χ3n) is 5.48. The molecule has 0 spiro atoms. The van der Waals surface area contributed by atoms with Crippen LogP contribution in [0, 0.1) is 0 Å². The van der Waals surface area contributed by atoms with Crippen molar-refractivity contribution in [3.8, 4) is 0 Å². The fourth-order valence-corrected chi connectivity index (χ4v) is 3.96. The molecular weight excluding hydrogens is 308 g/mol. The van der Waals surface area contributed by atoms with Crippen LogP contribution in [0.4, 0.5) is 0 Å². The Morgan fingerprint density at radius 2 is 1.88 bits per heavy atom. The summed E-state index contributed by atoms with van der Waals surface area (Å²) in [7, 11) is 0. The number of hydrogen-bond donors (Lipinski definition) is 2. The van der Waals surface area contributed by atoms with Gasteiger partial charge >= 0.3 is 0 Å². The molecule has 2 N–H and O–H groups in total. The largest absolute Gasteiger partial charge is 0.387 e. The van der Waals surface area contributed by atoms with Crippen molar-refractivity contribution < 1.29 is 24.4 Å². The fraction of sp³-hybridized carbons (Fsp3) is 0.895. The Hall–Kier alpha value is -0.460. The molecule has 0 aromatic heterocycles. The van der Waals surface area contributed by atoms with E-state index < -0.39 is 23.1 Å². The first-order valence-electron chi connectivity index (χ1n) is 8.90. The molecule has 5 heteroatoms. The quantitative estimate of drug-likeness (QED) is 0.727. The van der Waals surface area contributed by atoms with E-state index in [1.807, 2.05) is 34.6 Å². The van der Waals surface area contributed by atoms with Crippen LogP contribution in [0.3, 0.4) is 0 Å². The van der Waals surface area contributed by atoms with E-state index in [9.17, 15) is 10.2 Å². The molecule has 2 aliphatic rings. The van der Waals surface area contributed by atoms with Gasteiger partial charge in [-0.15, -0.1) is 6.58 Å². The lowest BCUT2D eigenvalue weighted by molar-refractivity contribution is -0.162. The summed E-state index contributed by atoms with van der Waals surface area (Å²) in [5, 5.41) is 21.0. The summed E-state index contributed by atoms with van der Waals surface area (Å²) in [4.78, 5) is 0. The van der Waals surface area contributed by atoms with Gasteiger partial charge in [0.05, 0.1) is 29.0 Å². The van der Waals surface area contributed by atoms with Crippen LogP contribution < -0.4 is 0 Å². The molecule has 0 aromatic rings. The molecule has 2 heterocycles. The number of ether oxygens (including phenoxy) is 3. The second-order valence-corrected chi connectivity index (χ2v) is 8.75. The Labute approximate surface area is 146 Å². The van der Waals surface area contributed by atoms with Crippen molar-refractivity contribution in [2.24, 2.45) is 0 Å². The molecule has 0 amide bonds. The van der Waals surface area contributed by atoms with Crippen molar-refractivity contribution in [1.29, 1.82) is 0 Å². The predicted octanol–water partition coefficient (Wildman–Crippen LogP) is 2.93. The minimum absolute atomic E-state index is 0.0782. The van der Waals surface area contributed by atoms with E-state index in [-0.39, 0.29) is 17.8 Å². The molecule has 2 aliphatic heterocycles. The molecule has 0 saturated carbocycles. The van der Waals surface area contributed by atoms with Gasteiger partial charge in [0.1, 0.15) is 6.10 Å². The summed E-state index contributed by atoms with van der Waals surface area (Å²) in [6.45, 7) is 15.2. The van der Waals surface area contributed by atoms with Crippen molar-refractivity contribution in [1.82, 2.24) is 0 Å². The van der Waals surface area contributed by atoms with Crippen LogP contribution in [0.1, 0.15) is 67.2 Å². The maximum absolute atomic E-state index is 10.9. The fourth-order valence-electron chi connectivity index (χ4n) is 3.96. The highest BCUT2D eigenvalue weighted by Gasteiger charge is 2.50. The van der Waals surface area contributed by atoms with E-state index in [1.165, 1.54) is 6.08 Å². The van der Waals surface area contributed by atoms with Gasteiger partial charge in [0, 0.05) is 0 Å². The van der Waals surface area contributed by atoms with Crippen LogP contribution in [0.25, 0.3) is 0 Å². The van der Waals surface area contributed by atoms with E-state index >= 15 is 0 Å². The van der Waals surface area contributed by atoms with Crippen molar-refractivity contribution in [2.45, 2.75) is 108 Å². The molecular formula is C19H34O5. The Balaban J connectivity index is 1.96. The third kappa shape index (κ3) is 4.02. The van der Waals surface area contributed by atoms with Gasteiger partial charge in [-0.25, -0.2) is 0 Å². The highest BCUT2D eigenvalue weighted by atomic mass is 16.8. The molecule has 0 aliphatic carbocycles. The summed E-state index contributed by atoms with van der Waals surface area (Å²) in [5.74, 6) is -0.601. The van der Waals surface area contributed by atoms with E-state index in [1.54, 1.807) is 6.92 Å². The molecule has 0 aromatic carbocycles. The zero-order valence-corrected chi connectivity index (χ0v) is 16.0. The topological polar surface area (TPSA) is 68.2 Å². The molecule has 5 atom stereocenters. The summed E-state index contributed by atoms with van der Waals surface area (Å²) in [5.41, 5.74) is -2.04. The highest BCUT2D eigenvalue weighted by Crippen LogP contribution is 2.42. The summed E-state index contributed by atoms with van der Waals surface area (Å²) in [6, 6.07) is 0. The van der Waals surface area contributed by atoms with Gasteiger partial charge in [0.25, 0.3) is 0 Å². The molecule has 2 saturated heterocycles. The Morgan fingerprint density at radius 3 is 2.38 bits per heavy atom. The summed E-state index contributed by atoms with van der Waals surface area (Å²) in [6.07, 6.45) is 3.01. The minimum Gasteiger partial charge on any atom is -0.387 e. The number of aliphatic hydroxyl groups excluding tert-OH is 1. The normalized spacial score (nSPS) is 38.7. The van der Waals surface area contributed by atoms with E-state index in [0.717, 1.165) is 0 Å². The van der Waals surface area contributed by atoms with Crippen molar-refractivity contribution in [3.63, 3.8) is 0 Å². The Kier molecular flexibility index (Phi) is 5.27. The minimum atomic E-state index is -0.981. The standard InChI is InChI=1S/C19H34O5/c1-8-13(20)19(7)12-10-15(23-19)18(6,21)11-9-14-16(2,3)24-17(4,5)22-14/h8,13-15,20-21H,1,9-12H2,2-7H3/t13-,14-,15-,18+,19+/m1/s1. The molecule has 140 valence electrons. The van der Waals surface area contributed by atoms with Crippen LogP contribution in [-0.4, -0.2) is 51.1 Å². The zero-order chi connectivity index (χ0) is 18.4. The van der Waals surface area contributed by atoms with Crippen molar-refractivity contribution in [2.75, 3.05) is 0 Å². The Bertz CT molecular complexity index is 470. The van der Waals surface area contributed by atoms with E-state index in [0.29, 0.717) is 25.7 Å². The molecule has 0 bridgehead atoms. The van der Waals surface area contributed by atoms with Crippen LogP contribution in [0.2, 0.25) is 0 Å². The third-order valence-corrected chi connectivity index (χ3v) is 5.48. The SMILES string of the molecule is C=C[C@@H](O)[C@]1(C)CC[C@H]([C@@](C)(O)CC[C@H]2OC(C)(C)OC2(C)C)O1. The van der Waals surface area contributed by atoms with Gasteiger partial charge in [-0.05, 0) is 67.2 Å². The molecule has 0 radical (unpaired) electrons. The first kappa shape index (κ1) is 19.9. The lowest BCUT2D eigenvalue weighted by Gasteiger charge is -2.35. The number of aliphatic hydroxyl groups is 2. The predicted molar refractivity (Wildman–Crippen MR) is 92.7 cm³/mol. The second kappa shape index (κ2) is 6.36. The summed E-state index contributed by atoms with van der Waals surface area (Å²) < 4.78 is 18.0. The smallest absolute Gasteiger partial charge is 0.164 e. The maximum Gasteiger partial charge on any atom is 0.164 e. The lowest BCUT2D eigenvalue weighted by Crippen LogP contribution is -2.45.